The second-order valence-corrected chi connectivity index (χ2v) is 7.88. The van der Waals surface area contributed by atoms with Gasteiger partial charge < -0.3 is 10.6 Å². The van der Waals surface area contributed by atoms with Crippen LogP contribution in [-0.4, -0.2) is 40.5 Å². The van der Waals surface area contributed by atoms with E-state index in [9.17, 15) is 4.79 Å². The lowest BCUT2D eigenvalue weighted by molar-refractivity contribution is 0.0940. The van der Waals surface area contributed by atoms with Crippen molar-refractivity contribution in [3.8, 4) is 0 Å². The number of benzene rings is 1. The molecule has 26 heavy (non-hydrogen) atoms. The Kier molecular flexibility index (Phi) is 5.41. The van der Waals surface area contributed by atoms with Gasteiger partial charge in [-0.2, -0.15) is 0 Å². The van der Waals surface area contributed by atoms with E-state index in [1.165, 1.54) is 11.1 Å². The molecule has 2 aromatic rings. The highest BCUT2D eigenvalue weighted by Crippen LogP contribution is 2.23. The van der Waals surface area contributed by atoms with Gasteiger partial charge >= 0.3 is 0 Å². The second-order valence-electron chi connectivity index (χ2n) is 7.88. The zero-order valence-electron chi connectivity index (χ0n) is 16.2. The van der Waals surface area contributed by atoms with E-state index in [1.807, 2.05) is 11.6 Å². The Bertz CT molecular complexity index is 757. The van der Waals surface area contributed by atoms with Crippen molar-refractivity contribution in [2.45, 2.75) is 52.0 Å². The summed E-state index contributed by atoms with van der Waals surface area (Å²) in [7, 11) is 0. The molecule has 0 unspecified atom stereocenters. The Labute approximate surface area is 155 Å². The highest BCUT2D eigenvalue weighted by Gasteiger charge is 2.25. The van der Waals surface area contributed by atoms with Crippen LogP contribution in [0.3, 0.4) is 0 Å². The maximum atomic E-state index is 12.7. The average Bonchev–Trinajstić information content (AvgIpc) is 3.02. The van der Waals surface area contributed by atoms with Gasteiger partial charge in [-0.25, -0.2) is 4.68 Å². The standard InChI is InChI=1S/C20H29N5O/c1-14-5-7-16(8-6-14)20(3,4)13-22-19(26)18-15(2)25(24-23-18)17-9-11-21-12-10-17/h5-8,17,21H,9-13H2,1-4H3,(H,22,26). The molecule has 1 fully saturated rings. The van der Waals surface area contributed by atoms with Crippen LogP contribution in [-0.2, 0) is 5.41 Å². The van der Waals surface area contributed by atoms with Gasteiger partial charge in [0, 0.05) is 12.0 Å². The number of aromatic nitrogens is 3. The van der Waals surface area contributed by atoms with Crippen molar-refractivity contribution in [2.75, 3.05) is 19.6 Å². The molecule has 1 amide bonds. The molecule has 2 heterocycles. The molecule has 6 heteroatoms. The number of carbonyl (C=O) groups is 1. The Hall–Kier alpha value is -2.21. The lowest BCUT2D eigenvalue weighted by Gasteiger charge is -2.26. The van der Waals surface area contributed by atoms with Gasteiger partial charge in [-0.05, 0) is 45.3 Å². The first-order valence-corrected chi connectivity index (χ1v) is 9.36. The molecule has 140 valence electrons. The van der Waals surface area contributed by atoms with Gasteiger partial charge in [0.15, 0.2) is 5.69 Å². The van der Waals surface area contributed by atoms with Crippen LogP contribution < -0.4 is 10.6 Å². The maximum Gasteiger partial charge on any atom is 0.273 e. The molecule has 0 bridgehead atoms. The summed E-state index contributed by atoms with van der Waals surface area (Å²) in [6.07, 6.45) is 2.04. The van der Waals surface area contributed by atoms with Gasteiger partial charge in [0.05, 0.1) is 11.7 Å². The summed E-state index contributed by atoms with van der Waals surface area (Å²) < 4.78 is 1.92. The third-order valence-corrected chi connectivity index (χ3v) is 5.32. The normalized spacial score (nSPS) is 15.8. The van der Waals surface area contributed by atoms with E-state index >= 15 is 0 Å². The Morgan fingerprint density at radius 1 is 1.23 bits per heavy atom. The molecule has 1 aromatic carbocycles. The molecule has 6 nitrogen and oxygen atoms in total. The van der Waals surface area contributed by atoms with Gasteiger partial charge in [-0.1, -0.05) is 48.9 Å². The molecule has 1 saturated heterocycles. The van der Waals surface area contributed by atoms with Crippen LogP contribution in [0.4, 0.5) is 0 Å². The predicted molar refractivity (Wildman–Crippen MR) is 102 cm³/mol. The van der Waals surface area contributed by atoms with E-state index in [-0.39, 0.29) is 11.3 Å². The fraction of sp³-hybridized carbons (Fsp3) is 0.550. The molecule has 3 rings (SSSR count). The second kappa shape index (κ2) is 7.58. The van der Waals surface area contributed by atoms with E-state index in [1.54, 1.807) is 0 Å². The van der Waals surface area contributed by atoms with E-state index in [2.05, 4.69) is 66.0 Å². The Morgan fingerprint density at radius 2 is 1.88 bits per heavy atom. The first kappa shape index (κ1) is 18.6. The van der Waals surface area contributed by atoms with Crippen molar-refractivity contribution < 1.29 is 4.79 Å². The fourth-order valence-electron chi connectivity index (χ4n) is 3.44. The van der Waals surface area contributed by atoms with Gasteiger partial charge in [-0.3, -0.25) is 4.79 Å². The number of rotatable bonds is 5. The molecular formula is C20H29N5O. The smallest absolute Gasteiger partial charge is 0.273 e. The van der Waals surface area contributed by atoms with E-state index < -0.39 is 0 Å². The number of piperidine rings is 1. The Morgan fingerprint density at radius 3 is 2.54 bits per heavy atom. The zero-order chi connectivity index (χ0) is 18.7. The van der Waals surface area contributed by atoms with Crippen LogP contribution in [0.2, 0.25) is 0 Å². The highest BCUT2D eigenvalue weighted by molar-refractivity contribution is 5.93. The monoisotopic (exact) mass is 355 g/mol. The number of amides is 1. The van der Waals surface area contributed by atoms with Crippen molar-refractivity contribution in [3.63, 3.8) is 0 Å². The SMILES string of the molecule is Cc1ccc(C(C)(C)CNC(=O)c2nnn(C3CCNCC3)c2C)cc1. The maximum absolute atomic E-state index is 12.7. The van der Waals surface area contributed by atoms with Gasteiger partial charge in [0.2, 0.25) is 0 Å². The lowest BCUT2D eigenvalue weighted by atomic mass is 9.84. The average molecular weight is 355 g/mol. The summed E-state index contributed by atoms with van der Waals surface area (Å²) in [5.74, 6) is -0.150. The molecule has 2 N–H and O–H groups in total. The minimum atomic E-state index is -0.150. The lowest BCUT2D eigenvalue weighted by Crippen LogP contribution is -2.37. The van der Waals surface area contributed by atoms with E-state index in [4.69, 9.17) is 0 Å². The third-order valence-electron chi connectivity index (χ3n) is 5.32. The molecule has 0 atom stereocenters. The highest BCUT2D eigenvalue weighted by atomic mass is 16.2. The molecule has 1 aliphatic rings. The van der Waals surface area contributed by atoms with Gasteiger partial charge in [-0.15, -0.1) is 5.10 Å². The molecule has 0 aliphatic carbocycles. The quantitative estimate of drug-likeness (QED) is 0.864. The van der Waals surface area contributed by atoms with Crippen LogP contribution in [0, 0.1) is 13.8 Å². The van der Waals surface area contributed by atoms with Crippen molar-refractivity contribution >= 4 is 5.91 Å². The molecule has 0 radical (unpaired) electrons. The van der Waals surface area contributed by atoms with E-state index in [0.717, 1.165) is 31.6 Å². The minimum absolute atomic E-state index is 0.150. The van der Waals surface area contributed by atoms with Crippen LogP contribution in [0.5, 0.6) is 0 Å². The number of aryl methyl sites for hydroxylation is 1. The van der Waals surface area contributed by atoms with Crippen LogP contribution in [0.1, 0.15) is 60.0 Å². The van der Waals surface area contributed by atoms with Crippen LogP contribution in [0.25, 0.3) is 0 Å². The van der Waals surface area contributed by atoms with Crippen molar-refractivity contribution in [1.82, 2.24) is 25.6 Å². The summed E-state index contributed by atoms with van der Waals surface area (Å²) in [5, 5.41) is 14.8. The van der Waals surface area contributed by atoms with Crippen molar-refractivity contribution in [2.24, 2.45) is 0 Å². The van der Waals surface area contributed by atoms with Gasteiger partial charge in [0.25, 0.3) is 5.91 Å². The first-order chi connectivity index (χ1) is 12.4. The van der Waals surface area contributed by atoms with Crippen LogP contribution in [0.15, 0.2) is 24.3 Å². The Balaban J connectivity index is 1.66. The molecule has 1 aromatic heterocycles. The first-order valence-electron chi connectivity index (χ1n) is 9.36. The molecular weight excluding hydrogens is 326 g/mol. The summed E-state index contributed by atoms with van der Waals surface area (Å²) in [6.45, 7) is 10.8. The number of carbonyl (C=O) groups excluding carboxylic acids is 1. The summed E-state index contributed by atoms with van der Waals surface area (Å²) in [4.78, 5) is 12.7. The van der Waals surface area contributed by atoms with Gasteiger partial charge in [0.1, 0.15) is 0 Å². The summed E-state index contributed by atoms with van der Waals surface area (Å²) >= 11 is 0. The number of nitrogens with one attached hydrogen (secondary N) is 2. The molecule has 0 saturated carbocycles. The fourth-order valence-corrected chi connectivity index (χ4v) is 3.44. The predicted octanol–water partition coefficient (Wildman–Crippen LogP) is 2.53. The molecule has 1 aliphatic heterocycles. The third kappa shape index (κ3) is 3.96. The van der Waals surface area contributed by atoms with Crippen LogP contribution >= 0.6 is 0 Å². The number of hydrogen-bond acceptors (Lipinski definition) is 4. The topological polar surface area (TPSA) is 71.8 Å². The largest absolute Gasteiger partial charge is 0.350 e. The van der Waals surface area contributed by atoms with E-state index in [0.29, 0.717) is 18.3 Å². The summed E-state index contributed by atoms with van der Waals surface area (Å²) in [5.41, 5.74) is 3.57. The zero-order valence-corrected chi connectivity index (χ0v) is 16.2. The molecule has 0 spiro atoms. The number of hydrogen-bond donors (Lipinski definition) is 2. The van der Waals surface area contributed by atoms with Crippen molar-refractivity contribution in [1.29, 1.82) is 0 Å². The minimum Gasteiger partial charge on any atom is -0.350 e. The summed E-state index contributed by atoms with van der Waals surface area (Å²) in [6, 6.07) is 8.79. The number of nitrogens with zero attached hydrogens (tertiary/aromatic N) is 3. The van der Waals surface area contributed by atoms with Crippen molar-refractivity contribution in [3.05, 3.63) is 46.8 Å².